The highest BCUT2D eigenvalue weighted by Gasteiger charge is 2.20. The van der Waals surface area contributed by atoms with Gasteiger partial charge in [0.15, 0.2) is 0 Å². The van der Waals surface area contributed by atoms with E-state index < -0.39 is 5.97 Å². The fourth-order valence-electron chi connectivity index (χ4n) is 2.49. The predicted molar refractivity (Wildman–Crippen MR) is 79.0 cm³/mol. The molecule has 1 heterocycles. The molecule has 0 atom stereocenters. The van der Waals surface area contributed by atoms with Crippen molar-refractivity contribution in [2.75, 3.05) is 0 Å². The molecule has 0 fully saturated rings. The Morgan fingerprint density at radius 1 is 1.33 bits per heavy atom. The van der Waals surface area contributed by atoms with E-state index in [1.54, 1.807) is 18.2 Å². The molecule has 1 aromatic carbocycles. The van der Waals surface area contributed by atoms with E-state index in [-0.39, 0.29) is 18.1 Å². The Morgan fingerprint density at radius 2 is 2.19 bits per heavy atom. The summed E-state index contributed by atoms with van der Waals surface area (Å²) in [7, 11) is 0. The maximum Gasteiger partial charge on any atom is 0.341 e. The van der Waals surface area contributed by atoms with Gasteiger partial charge in [0, 0.05) is 10.7 Å². The number of carboxylic acids is 1. The minimum atomic E-state index is -1.02. The second-order valence-corrected chi connectivity index (χ2v) is 5.46. The SMILES string of the molecule is O=C(O)c1cc2c(nc1OCc1cccc(Cl)c1)CCC2. The number of rotatable bonds is 4. The number of aryl methyl sites for hydroxylation is 2. The molecule has 3 rings (SSSR count). The zero-order valence-electron chi connectivity index (χ0n) is 11.3. The first-order chi connectivity index (χ1) is 10.1. The summed E-state index contributed by atoms with van der Waals surface area (Å²) < 4.78 is 5.61. The Labute approximate surface area is 127 Å². The highest BCUT2D eigenvalue weighted by molar-refractivity contribution is 6.30. The summed E-state index contributed by atoms with van der Waals surface area (Å²) in [5, 5.41) is 9.92. The molecule has 21 heavy (non-hydrogen) atoms. The molecule has 0 unspecified atom stereocenters. The lowest BCUT2D eigenvalue weighted by Crippen LogP contribution is -2.07. The number of nitrogens with zero attached hydrogens (tertiary/aromatic N) is 1. The van der Waals surface area contributed by atoms with Crippen molar-refractivity contribution in [2.24, 2.45) is 0 Å². The van der Waals surface area contributed by atoms with Crippen molar-refractivity contribution in [1.82, 2.24) is 4.98 Å². The molecule has 1 aromatic heterocycles. The lowest BCUT2D eigenvalue weighted by Gasteiger charge is -2.10. The van der Waals surface area contributed by atoms with E-state index in [1.807, 2.05) is 12.1 Å². The Kier molecular flexibility index (Phi) is 3.80. The van der Waals surface area contributed by atoms with E-state index in [4.69, 9.17) is 16.3 Å². The molecule has 0 saturated heterocycles. The van der Waals surface area contributed by atoms with Gasteiger partial charge in [-0.05, 0) is 48.6 Å². The molecule has 0 aliphatic heterocycles. The van der Waals surface area contributed by atoms with Crippen LogP contribution in [0.15, 0.2) is 30.3 Å². The second-order valence-electron chi connectivity index (χ2n) is 5.02. The van der Waals surface area contributed by atoms with E-state index in [9.17, 15) is 9.90 Å². The van der Waals surface area contributed by atoms with E-state index in [2.05, 4.69) is 4.98 Å². The molecule has 1 aliphatic carbocycles. The van der Waals surface area contributed by atoms with Gasteiger partial charge in [-0.3, -0.25) is 0 Å². The number of ether oxygens (including phenoxy) is 1. The smallest absolute Gasteiger partial charge is 0.341 e. The van der Waals surface area contributed by atoms with E-state index >= 15 is 0 Å². The molecule has 0 radical (unpaired) electrons. The normalized spacial score (nSPS) is 13.0. The van der Waals surface area contributed by atoms with Crippen LogP contribution in [0.5, 0.6) is 5.88 Å². The van der Waals surface area contributed by atoms with Gasteiger partial charge in [-0.2, -0.15) is 0 Å². The van der Waals surface area contributed by atoms with Gasteiger partial charge in [0.25, 0.3) is 0 Å². The van der Waals surface area contributed by atoms with Crippen LogP contribution in [0.2, 0.25) is 5.02 Å². The van der Waals surface area contributed by atoms with Gasteiger partial charge < -0.3 is 9.84 Å². The third kappa shape index (κ3) is 3.00. The summed E-state index contributed by atoms with van der Waals surface area (Å²) >= 11 is 5.92. The number of hydrogen-bond donors (Lipinski definition) is 1. The minimum Gasteiger partial charge on any atom is -0.477 e. The number of carboxylic acid groups (broad SMARTS) is 1. The molecule has 2 aromatic rings. The molecular formula is C16H14ClNO3. The van der Waals surface area contributed by atoms with Crippen molar-refractivity contribution >= 4 is 17.6 Å². The topological polar surface area (TPSA) is 59.4 Å². The van der Waals surface area contributed by atoms with Crippen LogP contribution >= 0.6 is 11.6 Å². The number of fused-ring (bicyclic) bond motifs is 1. The summed E-state index contributed by atoms with van der Waals surface area (Å²) in [5.74, 6) is -0.832. The van der Waals surface area contributed by atoms with E-state index in [0.29, 0.717) is 5.02 Å². The number of pyridine rings is 1. The average molecular weight is 304 g/mol. The highest BCUT2D eigenvalue weighted by Crippen LogP contribution is 2.27. The second kappa shape index (κ2) is 5.74. The number of aromatic nitrogens is 1. The van der Waals surface area contributed by atoms with Crippen molar-refractivity contribution in [3.8, 4) is 5.88 Å². The summed E-state index contributed by atoms with van der Waals surface area (Å²) in [4.78, 5) is 15.7. The number of benzene rings is 1. The highest BCUT2D eigenvalue weighted by atomic mass is 35.5. The number of carbonyl (C=O) groups is 1. The van der Waals surface area contributed by atoms with Gasteiger partial charge in [-0.25, -0.2) is 9.78 Å². The average Bonchev–Trinajstić information content (AvgIpc) is 2.91. The van der Waals surface area contributed by atoms with Crippen molar-refractivity contribution < 1.29 is 14.6 Å². The van der Waals surface area contributed by atoms with Crippen LogP contribution in [-0.4, -0.2) is 16.1 Å². The van der Waals surface area contributed by atoms with Gasteiger partial charge in [0.2, 0.25) is 5.88 Å². The lowest BCUT2D eigenvalue weighted by atomic mass is 10.1. The van der Waals surface area contributed by atoms with Crippen LogP contribution < -0.4 is 4.74 Å². The zero-order chi connectivity index (χ0) is 14.8. The quantitative estimate of drug-likeness (QED) is 0.939. The Balaban J connectivity index is 1.86. The van der Waals surface area contributed by atoms with E-state index in [0.717, 1.165) is 36.1 Å². The standard InChI is InChI=1S/C16H14ClNO3/c17-12-5-1-3-10(7-12)9-21-15-13(16(19)20)8-11-4-2-6-14(11)18-15/h1,3,5,7-8H,2,4,6,9H2,(H,19,20). The van der Waals surface area contributed by atoms with Crippen LogP contribution in [0, 0.1) is 0 Å². The third-order valence-corrected chi connectivity index (χ3v) is 3.75. The molecule has 1 N–H and O–H groups in total. The van der Waals surface area contributed by atoms with Gasteiger partial charge >= 0.3 is 5.97 Å². The minimum absolute atomic E-state index is 0.123. The van der Waals surface area contributed by atoms with Gasteiger partial charge in [-0.1, -0.05) is 23.7 Å². The van der Waals surface area contributed by atoms with Crippen LogP contribution in [0.3, 0.4) is 0 Å². The summed E-state index contributed by atoms with van der Waals surface area (Å²) in [5.41, 5.74) is 2.96. The predicted octanol–water partition coefficient (Wildman–Crippen LogP) is 3.50. The number of halogens is 1. The molecule has 0 saturated carbocycles. The van der Waals surface area contributed by atoms with E-state index in [1.165, 1.54) is 0 Å². The fraction of sp³-hybridized carbons (Fsp3) is 0.250. The fourth-order valence-corrected chi connectivity index (χ4v) is 2.71. The summed E-state index contributed by atoms with van der Waals surface area (Å²) in [6.07, 6.45) is 2.78. The van der Waals surface area contributed by atoms with Gasteiger partial charge in [0.1, 0.15) is 12.2 Å². The first-order valence-corrected chi connectivity index (χ1v) is 7.14. The maximum atomic E-state index is 11.3. The van der Waals surface area contributed by atoms with Gasteiger partial charge in [0.05, 0.1) is 0 Å². The van der Waals surface area contributed by atoms with Crippen molar-refractivity contribution in [3.63, 3.8) is 0 Å². The van der Waals surface area contributed by atoms with Gasteiger partial charge in [-0.15, -0.1) is 0 Å². The first-order valence-electron chi connectivity index (χ1n) is 6.77. The van der Waals surface area contributed by atoms with Crippen molar-refractivity contribution in [1.29, 1.82) is 0 Å². The lowest BCUT2D eigenvalue weighted by molar-refractivity contribution is 0.0690. The molecule has 1 aliphatic rings. The third-order valence-electron chi connectivity index (χ3n) is 3.51. The molecule has 0 amide bonds. The Morgan fingerprint density at radius 3 is 2.95 bits per heavy atom. The van der Waals surface area contributed by atoms with Crippen molar-refractivity contribution in [3.05, 3.63) is 57.7 Å². The van der Waals surface area contributed by atoms with Crippen LogP contribution in [-0.2, 0) is 19.4 Å². The first kappa shape index (κ1) is 13.9. The molecule has 4 nitrogen and oxygen atoms in total. The molecule has 0 bridgehead atoms. The molecule has 5 heteroatoms. The Hall–Kier alpha value is -2.07. The molecular weight excluding hydrogens is 290 g/mol. The summed E-state index contributed by atoms with van der Waals surface area (Å²) in [6.45, 7) is 0.243. The van der Waals surface area contributed by atoms with Crippen LogP contribution in [0.4, 0.5) is 0 Å². The van der Waals surface area contributed by atoms with Crippen molar-refractivity contribution in [2.45, 2.75) is 25.9 Å². The largest absolute Gasteiger partial charge is 0.477 e. The zero-order valence-corrected chi connectivity index (χ0v) is 12.1. The maximum absolute atomic E-state index is 11.3. The number of hydrogen-bond acceptors (Lipinski definition) is 3. The monoisotopic (exact) mass is 303 g/mol. The Bertz CT molecular complexity index is 700. The summed E-state index contributed by atoms with van der Waals surface area (Å²) in [6, 6.07) is 8.96. The van der Waals surface area contributed by atoms with Crippen LogP contribution in [0.1, 0.15) is 33.6 Å². The molecule has 0 spiro atoms. The van der Waals surface area contributed by atoms with Crippen LogP contribution in [0.25, 0.3) is 0 Å². The number of aromatic carboxylic acids is 1. The molecule has 108 valence electrons.